The highest BCUT2D eigenvalue weighted by atomic mass is 35.5. The molecule has 0 saturated carbocycles. The van der Waals surface area contributed by atoms with E-state index in [0.717, 1.165) is 68.5 Å². The number of carbonyl (C=O) groups excluding carboxylic acids is 1. The molecule has 8 rings (SSSR count). The first-order valence-corrected chi connectivity index (χ1v) is 19.2. The van der Waals surface area contributed by atoms with Crippen LogP contribution in [0.5, 0.6) is 0 Å². The summed E-state index contributed by atoms with van der Waals surface area (Å²) >= 11 is 15.2. The molecule has 4 aromatic carbocycles. The molecule has 0 aliphatic heterocycles. The van der Waals surface area contributed by atoms with Crippen LogP contribution in [0.25, 0.3) is 21.8 Å². The molecule has 1 N–H and O–H groups in total. The number of fused-ring (bicyclic) bond motifs is 2. The third-order valence-corrected chi connectivity index (χ3v) is 10.6. The Bertz CT molecular complexity index is 2540. The van der Waals surface area contributed by atoms with E-state index in [4.69, 9.17) is 27.9 Å². The van der Waals surface area contributed by atoms with Gasteiger partial charge < -0.3 is 19.0 Å². The number of hydrogen-bond acceptors (Lipinski definition) is 7. The van der Waals surface area contributed by atoms with Crippen molar-refractivity contribution in [1.82, 2.24) is 19.1 Å². The molecule has 0 fully saturated rings. The molecular weight excluding hydrogens is 748 g/mol. The number of ether oxygens (including phenoxy) is 1. The van der Waals surface area contributed by atoms with Crippen molar-refractivity contribution >= 4 is 79.6 Å². The van der Waals surface area contributed by atoms with Gasteiger partial charge in [-0.05, 0) is 107 Å². The fourth-order valence-electron chi connectivity index (χ4n) is 6.32. The van der Waals surface area contributed by atoms with Crippen LogP contribution in [0.1, 0.15) is 54.4 Å². The van der Waals surface area contributed by atoms with E-state index in [2.05, 4.69) is 79.3 Å². The SMILES string of the molecule is COC(=O)c1cc(Cl)ccc1Cc1ccc2c(ccn2Cc2cscn2)c1.O=C(O)c1cc(Cl)ccc1Cc1ccc2c(ccn2Cc2cscn2)c1. The zero-order chi connectivity index (χ0) is 36.9. The fraction of sp³-hybridized carbons (Fsp3) is 0.122. The Kier molecular flexibility index (Phi) is 11.0. The first kappa shape index (κ1) is 36.1. The van der Waals surface area contributed by atoms with E-state index in [9.17, 15) is 14.7 Å². The van der Waals surface area contributed by atoms with E-state index in [1.807, 2.05) is 28.5 Å². The Balaban J connectivity index is 0.000000164. The van der Waals surface area contributed by atoms with Gasteiger partial charge >= 0.3 is 11.9 Å². The Morgan fingerprint density at radius 2 is 1.17 bits per heavy atom. The second kappa shape index (κ2) is 16.2. The van der Waals surface area contributed by atoms with Gasteiger partial charge in [-0.3, -0.25) is 0 Å². The first-order chi connectivity index (χ1) is 25.7. The number of nitrogens with zero attached hydrogens (tertiary/aromatic N) is 4. The molecule has 4 aromatic heterocycles. The van der Waals surface area contributed by atoms with Crippen LogP contribution in [0.4, 0.5) is 0 Å². The first-order valence-electron chi connectivity index (χ1n) is 16.5. The van der Waals surface area contributed by atoms with E-state index in [-0.39, 0.29) is 11.5 Å². The van der Waals surface area contributed by atoms with Crippen LogP contribution in [-0.2, 0) is 30.7 Å². The van der Waals surface area contributed by atoms with Crippen LogP contribution < -0.4 is 0 Å². The number of rotatable bonds is 10. The molecule has 8 aromatic rings. The highest BCUT2D eigenvalue weighted by molar-refractivity contribution is 7.07. The van der Waals surface area contributed by atoms with Gasteiger partial charge in [0.15, 0.2) is 0 Å². The molecule has 53 heavy (non-hydrogen) atoms. The maximum atomic E-state index is 12.1. The molecular formula is C41H32Cl2N4O4S2. The van der Waals surface area contributed by atoms with Gasteiger partial charge in [0.25, 0.3) is 0 Å². The Morgan fingerprint density at radius 3 is 1.62 bits per heavy atom. The summed E-state index contributed by atoms with van der Waals surface area (Å²) in [6, 6.07) is 27.1. The average molecular weight is 780 g/mol. The quantitative estimate of drug-likeness (QED) is 0.139. The molecule has 0 atom stereocenters. The lowest BCUT2D eigenvalue weighted by atomic mass is 9.99. The number of halogens is 2. The van der Waals surface area contributed by atoms with Crippen molar-refractivity contribution in [2.45, 2.75) is 25.9 Å². The maximum Gasteiger partial charge on any atom is 0.338 e. The number of aromatic nitrogens is 4. The van der Waals surface area contributed by atoms with Crippen molar-refractivity contribution in [1.29, 1.82) is 0 Å². The summed E-state index contributed by atoms with van der Waals surface area (Å²) in [4.78, 5) is 32.2. The highest BCUT2D eigenvalue weighted by Crippen LogP contribution is 2.26. The Labute approximate surface area is 323 Å². The average Bonchev–Trinajstić information content (AvgIpc) is 4.00. The second-order valence-corrected chi connectivity index (χ2v) is 14.7. The van der Waals surface area contributed by atoms with E-state index >= 15 is 0 Å². The van der Waals surface area contributed by atoms with E-state index in [1.165, 1.54) is 13.2 Å². The van der Waals surface area contributed by atoms with Crippen LogP contribution in [-0.4, -0.2) is 43.3 Å². The molecule has 12 heteroatoms. The largest absolute Gasteiger partial charge is 0.478 e. The Hall–Kier alpha value is -5.26. The van der Waals surface area contributed by atoms with Gasteiger partial charge in [-0.25, -0.2) is 19.6 Å². The third-order valence-electron chi connectivity index (χ3n) is 8.87. The van der Waals surface area contributed by atoms with Crippen LogP contribution >= 0.6 is 45.9 Å². The summed E-state index contributed by atoms with van der Waals surface area (Å²) in [5.41, 5.74) is 12.7. The summed E-state index contributed by atoms with van der Waals surface area (Å²) in [6.07, 6.45) is 5.32. The number of carboxylic acid groups (broad SMARTS) is 1. The summed E-state index contributed by atoms with van der Waals surface area (Å²) in [5, 5.41) is 16.8. The Morgan fingerprint density at radius 1 is 0.679 bits per heavy atom. The lowest BCUT2D eigenvalue weighted by Gasteiger charge is -2.09. The predicted molar refractivity (Wildman–Crippen MR) is 213 cm³/mol. The molecule has 266 valence electrons. The third kappa shape index (κ3) is 8.53. The predicted octanol–water partition coefficient (Wildman–Crippen LogP) is 10.3. The van der Waals surface area contributed by atoms with Crippen molar-refractivity contribution in [3.8, 4) is 0 Å². The molecule has 8 nitrogen and oxygen atoms in total. The van der Waals surface area contributed by atoms with Crippen molar-refractivity contribution < 1.29 is 19.4 Å². The van der Waals surface area contributed by atoms with Gasteiger partial charge in [0.2, 0.25) is 0 Å². The normalized spacial score (nSPS) is 11.1. The van der Waals surface area contributed by atoms with Crippen molar-refractivity contribution in [2.24, 2.45) is 0 Å². The van der Waals surface area contributed by atoms with Gasteiger partial charge in [0, 0.05) is 44.2 Å². The van der Waals surface area contributed by atoms with Crippen LogP contribution in [0.15, 0.2) is 119 Å². The number of aromatic carboxylic acids is 1. The minimum absolute atomic E-state index is 0.249. The van der Waals surface area contributed by atoms with E-state index < -0.39 is 5.97 Å². The zero-order valence-electron chi connectivity index (χ0n) is 28.4. The van der Waals surface area contributed by atoms with Gasteiger partial charge in [-0.2, -0.15) is 0 Å². The molecule has 0 spiro atoms. The van der Waals surface area contributed by atoms with Crippen LogP contribution in [0.2, 0.25) is 10.0 Å². The van der Waals surface area contributed by atoms with Crippen LogP contribution in [0.3, 0.4) is 0 Å². The molecule has 0 saturated heterocycles. The molecule has 0 radical (unpaired) electrons. The summed E-state index contributed by atoms with van der Waals surface area (Å²) < 4.78 is 9.24. The van der Waals surface area contributed by atoms with Crippen LogP contribution in [0, 0.1) is 0 Å². The number of esters is 1. The minimum atomic E-state index is -0.960. The van der Waals surface area contributed by atoms with Crippen molar-refractivity contribution in [3.63, 3.8) is 0 Å². The lowest BCUT2D eigenvalue weighted by Crippen LogP contribution is -2.06. The number of methoxy groups -OCH3 is 1. The summed E-state index contributed by atoms with van der Waals surface area (Å²) in [5.74, 6) is -1.33. The molecule has 0 bridgehead atoms. The van der Waals surface area contributed by atoms with Crippen molar-refractivity contribution in [2.75, 3.05) is 7.11 Å². The topological polar surface area (TPSA) is 99.2 Å². The number of benzene rings is 4. The van der Waals surface area contributed by atoms with Crippen molar-refractivity contribution in [3.05, 3.63) is 174 Å². The van der Waals surface area contributed by atoms with E-state index in [0.29, 0.717) is 28.5 Å². The minimum Gasteiger partial charge on any atom is -0.478 e. The number of carbonyl (C=O) groups is 2. The van der Waals surface area contributed by atoms with Gasteiger partial charge in [-0.15, -0.1) is 22.7 Å². The maximum absolute atomic E-state index is 12.1. The molecule has 0 amide bonds. The molecule has 0 unspecified atom stereocenters. The van der Waals surface area contributed by atoms with E-state index in [1.54, 1.807) is 46.9 Å². The number of hydrogen-bond donors (Lipinski definition) is 1. The lowest BCUT2D eigenvalue weighted by molar-refractivity contribution is 0.0598. The molecule has 4 heterocycles. The number of carboxylic acids is 1. The zero-order valence-corrected chi connectivity index (χ0v) is 31.6. The van der Waals surface area contributed by atoms with Gasteiger partial charge in [0.1, 0.15) is 0 Å². The molecule has 0 aliphatic carbocycles. The monoisotopic (exact) mass is 778 g/mol. The summed E-state index contributed by atoms with van der Waals surface area (Å²) in [6.45, 7) is 1.50. The summed E-state index contributed by atoms with van der Waals surface area (Å²) in [7, 11) is 1.38. The fourth-order valence-corrected chi connectivity index (χ4v) is 7.76. The van der Waals surface area contributed by atoms with Gasteiger partial charge in [-0.1, -0.05) is 47.5 Å². The van der Waals surface area contributed by atoms with Gasteiger partial charge in [0.05, 0.1) is 53.7 Å². The smallest absolute Gasteiger partial charge is 0.338 e. The highest BCUT2D eigenvalue weighted by Gasteiger charge is 2.15. The standard InChI is InChI=1S/C21H17ClN2O2S.C20H15ClN2O2S/c1-26-21(25)19-10-17(22)4-3-15(19)8-14-2-5-20-16(9-14)6-7-24(20)11-18-12-27-13-23-18;21-16-3-2-14(18(9-16)20(24)25)7-13-1-4-19-15(8-13)5-6-23(19)10-17-11-26-12-22-17/h2-7,9-10,12-13H,8,11H2,1H3;1-6,8-9,11-12H,7,10H2,(H,24,25). The number of thiazole rings is 2. The molecule has 0 aliphatic rings. The second-order valence-electron chi connectivity index (χ2n) is 12.4.